The number of fused-ring (bicyclic) bond motifs is 1. The quantitative estimate of drug-likeness (QED) is 0.674. The number of aromatic nitrogens is 2. The van der Waals surface area contributed by atoms with Crippen molar-refractivity contribution in [3.8, 4) is 11.1 Å². The maximum absolute atomic E-state index is 13.2. The number of piperidine rings is 1. The van der Waals surface area contributed by atoms with E-state index in [-0.39, 0.29) is 18.0 Å². The molecule has 4 rings (SSSR count). The summed E-state index contributed by atoms with van der Waals surface area (Å²) in [7, 11) is 0. The van der Waals surface area contributed by atoms with Crippen LogP contribution in [-0.2, 0) is 11.3 Å². The molecule has 0 saturated carbocycles. The van der Waals surface area contributed by atoms with Crippen LogP contribution in [0.4, 0.5) is 0 Å². The van der Waals surface area contributed by atoms with Gasteiger partial charge in [0.2, 0.25) is 5.91 Å². The van der Waals surface area contributed by atoms with Crippen LogP contribution in [0.5, 0.6) is 0 Å². The van der Waals surface area contributed by atoms with Crippen molar-refractivity contribution in [2.75, 3.05) is 13.1 Å². The van der Waals surface area contributed by atoms with Crippen molar-refractivity contribution >= 4 is 27.5 Å². The minimum Gasteiger partial charge on any atom is -0.341 e. The van der Waals surface area contributed by atoms with Crippen molar-refractivity contribution in [2.45, 2.75) is 40.2 Å². The molecular formula is C22H25N3O2S. The topological polar surface area (TPSA) is 55.2 Å². The Balaban J connectivity index is 1.69. The van der Waals surface area contributed by atoms with Crippen LogP contribution in [0.1, 0.15) is 30.9 Å². The smallest absolute Gasteiger partial charge is 0.263 e. The van der Waals surface area contributed by atoms with Crippen molar-refractivity contribution in [1.82, 2.24) is 14.5 Å². The number of nitrogens with zero attached hydrogens (tertiary/aromatic N) is 3. The van der Waals surface area contributed by atoms with Gasteiger partial charge in [-0.1, -0.05) is 25.1 Å². The molecule has 1 amide bonds. The molecule has 3 heterocycles. The lowest BCUT2D eigenvalue weighted by Crippen LogP contribution is -2.42. The summed E-state index contributed by atoms with van der Waals surface area (Å²) < 4.78 is 1.46. The predicted octanol–water partition coefficient (Wildman–Crippen LogP) is 4.00. The number of carbonyl (C=O) groups excluding carboxylic acids is 1. The van der Waals surface area contributed by atoms with Gasteiger partial charge < -0.3 is 4.90 Å². The lowest BCUT2D eigenvalue weighted by molar-refractivity contribution is -0.133. The van der Waals surface area contributed by atoms with Gasteiger partial charge in [-0.2, -0.15) is 0 Å². The molecule has 1 atom stereocenters. The van der Waals surface area contributed by atoms with E-state index in [0.29, 0.717) is 16.1 Å². The van der Waals surface area contributed by atoms with Crippen LogP contribution in [0.3, 0.4) is 0 Å². The van der Waals surface area contributed by atoms with Gasteiger partial charge in [-0.05, 0) is 49.3 Å². The van der Waals surface area contributed by atoms with Gasteiger partial charge in [0, 0.05) is 24.0 Å². The highest BCUT2D eigenvalue weighted by Gasteiger charge is 2.22. The summed E-state index contributed by atoms with van der Waals surface area (Å²) in [5.74, 6) is 0.515. The normalized spacial score (nSPS) is 17.2. The molecule has 0 radical (unpaired) electrons. The Morgan fingerprint density at radius 3 is 2.86 bits per heavy atom. The summed E-state index contributed by atoms with van der Waals surface area (Å²) in [4.78, 5) is 32.9. The SMILES string of the molecule is Cc1ccc(-c2csc3ncn(CC(=O)N4CCCC(C)C4)c(=O)c23)cc1C. The molecule has 1 unspecified atom stereocenters. The molecule has 6 heteroatoms. The number of hydrogen-bond acceptors (Lipinski definition) is 4. The van der Waals surface area contributed by atoms with Crippen molar-refractivity contribution in [2.24, 2.45) is 5.92 Å². The molecule has 0 N–H and O–H groups in total. The van der Waals surface area contributed by atoms with Crippen molar-refractivity contribution < 1.29 is 4.79 Å². The van der Waals surface area contributed by atoms with E-state index < -0.39 is 0 Å². The van der Waals surface area contributed by atoms with Crippen molar-refractivity contribution in [1.29, 1.82) is 0 Å². The third-order valence-corrected chi connectivity index (χ3v) is 6.58. The fourth-order valence-electron chi connectivity index (χ4n) is 3.86. The van der Waals surface area contributed by atoms with Crippen molar-refractivity contribution in [3.05, 3.63) is 51.4 Å². The van der Waals surface area contributed by atoms with Gasteiger partial charge in [0.1, 0.15) is 11.4 Å². The lowest BCUT2D eigenvalue weighted by Gasteiger charge is -2.31. The Bertz CT molecular complexity index is 1100. The van der Waals surface area contributed by atoms with Crippen LogP contribution < -0.4 is 5.56 Å². The van der Waals surface area contributed by atoms with Crippen LogP contribution in [0, 0.1) is 19.8 Å². The number of aryl methyl sites for hydroxylation is 2. The fraction of sp³-hybridized carbons (Fsp3) is 0.409. The number of rotatable bonds is 3. The first-order valence-corrected chi connectivity index (χ1v) is 10.6. The molecule has 1 aromatic carbocycles. The van der Waals surface area contributed by atoms with E-state index >= 15 is 0 Å². The number of carbonyl (C=O) groups is 1. The summed E-state index contributed by atoms with van der Waals surface area (Å²) >= 11 is 1.47. The third-order valence-electron chi connectivity index (χ3n) is 5.69. The van der Waals surface area contributed by atoms with E-state index in [0.717, 1.165) is 37.1 Å². The van der Waals surface area contributed by atoms with Gasteiger partial charge in [-0.15, -0.1) is 11.3 Å². The highest BCUT2D eigenvalue weighted by Crippen LogP contribution is 2.31. The predicted molar refractivity (Wildman–Crippen MR) is 114 cm³/mol. The standard InChI is InChI=1S/C22H25N3O2S/c1-14-5-4-8-24(10-14)19(26)11-25-13-23-21-20(22(25)27)18(12-28-21)17-7-6-15(2)16(3)9-17/h6-7,9,12-14H,4-5,8,10-11H2,1-3H3. The van der Waals surface area contributed by atoms with E-state index in [2.05, 4.69) is 37.9 Å². The van der Waals surface area contributed by atoms with Crippen LogP contribution >= 0.6 is 11.3 Å². The molecule has 0 bridgehead atoms. The fourth-order valence-corrected chi connectivity index (χ4v) is 4.77. The molecule has 1 fully saturated rings. The number of hydrogen-bond donors (Lipinski definition) is 0. The van der Waals surface area contributed by atoms with Gasteiger partial charge >= 0.3 is 0 Å². The zero-order valence-corrected chi connectivity index (χ0v) is 17.4. The Labute approximate surface area is 168 Å². The van der Waals surface area contributed by atoms with Crippen molar-refractivity contribution in [3.63, 3.8) is 0 Å². The van der Waals surface area contributed by atoms with Gasteiger partial charge in [-0.25, -0.2) is 4.98 Å². The van der Waals surface area contributed by atoms with Gasteiger partial charge in [-0.3, -0.25) is 14.2 Å². The van der Waals surface area contributed by atoms with Gasteiger partial charge in [0.15, 0.2) is 0 Å². The van der Waals surface area contributed by atoms with E-state index in [4.69, 9.17) is 0 Å². The molecule has 5 nitrogen and oxygen atoms in total. The van der Waals surface area contributed by atoms with E-state index in [9.17, 15) is 9.59 Å². The molecular weight excluding hydrogens is 370 g/mol. The van der Waals surface area contributed by atoms with Crippen LogP contribution in [0.15, 0.2) is 34.7 Å². The Hall–Kier alpha value is -2.47. The number of likely N-dealkylation sites (tertiary alicyclic amines) is 1. The second-order valence-corrected chi connectivity index (χ2v) is 8.75. The van der Waals surface area contributed by atoms with E-state index in [1.54, 1.807) is 0 Å². The maximum Gasteiger partial charge on any atom is 0.263 e. The number of thiophene rings is 1. The number of benzene rings is 1. The number of amides is 1. The Morgan fingerprint density at radius 1 is 1.29 bits per heavy atom. The molecule has 1 aliphatic rings. The average molecular weight is 396 g/mol. The molecule has 2 aromatic heterocycles. The minimum atomic E-state index is -0.141. The summed E-state index contributed by atoms with van der Waals surface area (Å²) in [6, 6.07) is 6.22. The van der Waals surface area contributed by atoms with Crippen LogP contribution in [0.2, 0.25) is 0 Å². The molecule has 28 heavy (non-hydrogen) atoms. The minimum absolute atomic E-state index is 0.00207. The zero-order valence-electron chi connectivity index (χ0n) is 16.6. The summed E-state index contributed by atoms with van der Waals surface area (Å²) in [6.45, 7) is 7.92. The van der Waals surface area contributed by atoms with Gasteiger partial charge in [0.05, 0.1) is 11.7 Å². The monoisotopic (exact) mass is 395 g/mol. The van der Waals surface area contributed by atoms with Crippen LogP contribution in [-0.4, -0.2) is 33.4 Å². The second-order valence-electron chi connectivity index (χ2n) is 7.89. The second kappa shape index (κ2) is 7.51. The molecule has 1 saturated heterocycles. The Morgan fingerprint density at radius 2 is 2.11 bits per heavy atom. The summed E-state index contributed by atoms with van der Waals surface area (Å²) in [6.07, 6.45) is 3.70. The first kappa shape index (κ1) is 18.9. The van der Waals surface area contributed by atoms with E-state index in [1.165, 1.54) is 33.4 Å². The highest BCUT2D eigenvalue weighted by molar-refractivity contribution is 7.17. The summed E-state index contributed by atoms with van der Waals surface area (Å²) in [5, 5.41) is 2.59. The first-order valence-electron chi connectivity index (χ1n) is 9.76. The molecule has 1 aliphatic heterocycles. The summed E-state index contributed by atoms with van der Waals surface area (Å²) in [5.41, 5.74) is 4.18. The Kier molecular flexibility index (Phi) is 5.06. The van der Waals surface area contributed by atoms with Gasteiger partial charge in [0.25, 0.3) is 5.56 Å². The maximum atomic E-state index is 13.2. The lowest BCUT2D eigenvalue weighted by atomic mass is 10.0. The first-order chi connectivity index (χ1) is 13.4. The van der Waals surface area contributed by atoms with E-state index in [1.807, 2.05) is 16.3 Å². The molecule has 3 aromatic rings. The highest BCUT2D eigenvalue weighted by atomic mass is 32.1. The average Bonchev–Trinajstić information content (AvgIpc) is 3.11. The zero-order chi connectivity index (χ0) is 19.8. The molecule has 0 aliphatic carbocycles. The third kappa shape index (κ3) is 3.49. The largest absolute Gasteiger partial charge is 0.341 e. The van der Waals surface area contributed by atoms with Crippen LogP contribution in [0.25, 0.3) is 21.3 Å². The molecule has 146 valence electrons. The molecule has 0 spiro atoms.